The molecule has 0 aliphatic heterocycles. The van der Waals surface area contributed by atoms with Gasteiger partial charge in [0.05, 0.1) is 12.3 Å². The number of nitrogens with zero attached hydrogens (tertiary/aromatic N) is 4. The summed E-state index contributed by atoms with van der Waals surface area (Å²) < 4.78 is 6.88. The third-order valence-electron chi connectivity index (χ3n) is 2.80. The lowest BCUT2D eigenvalue weighted by atomic mass is 10.2. The molecule has 0 atom stereocenters. The topological polar surface area (TPSA) is 77.0 Å². The highest BCUT2D eigenvalue weighted by Gasteiger charge is 2.13. The molecule has 0 saturated heterocycles. The monoisotopic (exact) mass is 236 g/mol. The van der Waals surface area contributed by atoms with Gasteiger partial charge in [-0.25, -0.2) is 0 Å². The molecule has 2 rings (SSSR count). The molecular formula is C11H16N4O2. The van der Waals surface area contributed by atoms with Crippen molar-refractivity contribution in [2.45, 2.75) is 40.3 Å². The molecule has 17 heavy (non-hydrogen) atoms. The number of hydrogen-bond donors (Lipinski definition) is 1. The molecule has 0 amide bonds. The maximum absolute atomic E-state index is 9.22. The molecular weight excluding hydrogens is 220 g/mol. The average molecular weight is 236 g/mol. The molecule has 0 saturated carbocycles. The molecule has 2 aromatic rings. The second kappa shape index (κ2) is 4.67. The Hall–Kier alpha value is -1.69. The Bertz CT molecular complexity index is 516. The van der Waals surface area contributed by atoms with Gasteiger partial charge in [0.15, 0.2) is 5.82 Å². The van der Waals surface area contributed by atoms with Crippen molar-refractivity contribution < 1.29 is 9.63 Å². The van der Waals surface area contributed by atoms with Crippen molar-refractivity contribution in [1.29, 1.82) is 0 Å². The molecule has 0 radical (unpaired) electrons. The van der Waals surface area contributed by atoms with Gasteiger partial charge in [-0.05, 0) is 13.8 Å². The minimum absolute atomic E-state index is 0.00170. The quantitative estimate of drug-likeness (QED) is 0.856. The van der Waals surface area contributed by atoms with E-state index in [4.69, 9.17) is 4.52 Å². The van der Waals surface area contributed by atoms with Crippen LogP contribution >= 0.6 is 0 Å². The van der Waals surface area contributed by atoms with E-state index in [-0.39, 0.29) is 6.61 Å². The van der Waals surface area contributed by atoms with Gasteiger partial charge in [-0.1, -0.05) is 12.1 Å². The maximum atomic E-state index is 9.22. The van der Waals surface area contributed by atoms with Gasteiger partial charge in [0.25, 0.3) is 0 Å². The number of aliphatic hydroxyl groups excluding tert-OH is 1. The fourth-order valence-corrected chi connectivity index (χ4v) is 1.74. The molecule has 0 aromatic carbocycles. The van der Waals surface area contributed by atoms with Crippen LogP contribution in [0.15, 0.2) is 4.52 Å². The Labute approximate surface area is 99.3 Å². The van der Waals surface area contributed by atoms with Gasteiger partial charge < -0.3 is 9.63 Å². The summed E-state index contributed by atoms with van der Waals surface area (Å²) in [5.74, 6) is 1.24. The van der Waals surface area contributed by atoms with Gasteiger partial charge >= 0.3 is 0 Å². The van der Waals surface area contributed by atoms with E-state index in [1.165, 1.54) is 0 Å². The summed E-state index contributed by atoms with van der Waals surface area (Å²) in [6.07, 6.45) is 0.752. The predicted molar refractivity (Wildman–Crippen MR) is 60.4 cm³/mol. The fourth-order valence-electron chi connectivity index (χ4n) is 1.74. The molecule has 2 aromatic heterocycles. The molecule has 6 nitrogen and oxygen atoms in total. The number of hydrogen-bond acceptors (Lipinski definition) is 5. The number of aromatic nitrogens is 4. The van der Waals surface area contributed by atoms with E-state index in [0.717, 1.165) is 23.4 Å². The predicted octanol–water partition coefficient (Wildman–Crippen LogP) is 0.986. The van der Waals surface area contributed by atoms with Crippen LogP contribution in [-0.2, 0) is 19.6 Å². The SMILES string of the molecule is CCc1noc(Cn2nc(C)c(CO)c2C)n1. The highest BCUT2D eigenvalue weighted by atomic mass is 16.5. The van der Waals surface area contributed by atoms with E-state index in [1.807, 2.05) is 20.8 Å². The van der Waals surface area contributed by atoms with Crippen molar-refractivity contribution in [1.82, 2.24) is 19.9 Å². The average Bonchev–Trinajstić information content (AvgIpc) is 2.86. The Morgan fingerprint density at radius 1 is 1.35 bits per heavy atom. The van der Waals surface area contributed by atoms with Crippen molar-refractivity contribution in [3.8, 4) is 0 Å². The molecule has 0 aliphatic rings. The largest absolute Gasteiger partial charge is 0.392 e. The van der Waals surface area contributed by atoms with Crippen LogP contribution in [0.3, 0.4) is 0 Å². The lowest BCUT2D eigenvalue weighted by Gasteiger charge is -2.00. The maximum Gasteiger partial charge on any atom is 0.248 e. The third-order valence-corrected chi connectivity index (χ3v) is 2.80. The zero-order valence-electron chi connectivity index (χ0n) is 10.3. The fraction of sp³-hybridized carbons (Fsp3) is 0.545. The minimum Gasteiger partial charge on any atom is -0.392 e. The molecule has 1 N–H and O–H groups in total. The van der Waals surface area contributed by atoms with Crippen LogP contribution in [0.5, 0.6) is 0 Å². The van der Waals surface area contributed by atoms with E-state index in [2.05, 4.69) is 15.2 Å². The molecule has 0 unspecified atom stereocenters. The first-order valence-electron chi connectivity index (χ1n) is 5.60. The summed E-state index contributed by atoms with van der Waals surface area (Å²) in [5, 5.41) is 17.4. The van der Waals surface area contributed by atoms with Crippen molar-refractivity contribution in [3.63, 3.8) is 0 Å². The molecule has 0 fully saturated rings. The van der Waals surface area contributed by atoms with Crippen molar-refractivity contribution in [2.24, 2.45) is 0 Å². The van der Waals surface area contributed by atoms with E-state index < -0.39 is 0 Å². The van der Waals surface area contributed by atoms with Crippen LogP contribution in [0, 0.1) is 13.8 Å². The summed E-state index contributed by atoms with van der Waals surface area (Å²) in [5.41, 5.74) is 2.63. The van der Waals surface area contributed by atoms with Gasteiger partial charge in [-0.15, -0.1) is 0 Å². The Morgan fingerprint density at radius 3 is 2.65 bits per heavy atom. The third kappa shape index (κ3) is 2.21. The van der Waals surface area contributed by atoms with E-state index in [1.54, 1.807) is 4.68 Å². The summed E-state index contributed by atoms with van der Waals surface area (Å²) in [7, 11) is 0. The Morgan fingerprint density at radius 2 is 2.12 bits per heavy atom. The number of aryl methyl sites for hydroxylation is 2. The standard InChI is InChI=1S/C11H16N4O2/c1-4-10-12-11(17-14-10)5-15-8(3)9(6-16)7(2)13-15/h16H,4-6H2,1-3H3. The summed E-state index contributed by atoms with van der Waals surface area (Å²) in [6, 6.07) is 0. The number of rotatable bonds is 4. The lowest BCUT2D eigenvalue weighted by molar-refractivity contribution is 0.280. The smallest absolute Gasteiger partial charge is 0.248 e. The summed E-state index contributed by atoms with van der Waals surface area (Å²) >= 11 is 0. The van der Waals surface area contributed by atoms with Crippen LogP contribution in [-0.4, -0.2) is 25.0 Å². The first-order chi connectivity index (χ1) is 8.15. The van der Waals surface area contributed by atoms with E-state index in [9.17, 15) is 5.11 Å². The van der Waals surface area contributed by atoms with Crippen LogP contribution in [0.2, 0.25) is 0 Å². The van der Waals surface area contributed by atoms with E-state index >= 15 is 0 Å². The van der Waals surface area contributed by atoms with Crippen LogP contribution in [0.1, 0.15) is 35.6 Å². The second-order valence-corrected chi connectivity index (χ2v) is 3.92. The van der Waals surface area contributed by atoms with Gasteiger partial charge in [0.1, 0.15) is 6.54 Å². The highest BCUT2D eigenvalue weighted by molar-refractivity contribution is 5.23. The first kappa shape index (κ1) is 11.8. The summed E-state index contributed by atoms with van der Waals surface area (Å²) in [6.45, 7) is 6.21. The zero-order valence-corrected chi connectivity index (χ0v) is 10.3. The van der Waals surface area contributed by atoms with Gasteiger partial charge in [-0.2, -0.15) is 10.1 Å². The summed E-state index contributed by atoms with van der Waals surface area (Å²) in [4.78, 5) is 4.23. The molecule has 2 heterocycles. The van der Waals surface area contributed by atoms with Crippen LogP contribution < -0.4 is 0 Å². The lowest BCUT2D eigenvalue weighted by Crippen LogP contribution is -2.04. The van der Waals surface area contributed by atoms with Gasteiger partial charge in [0.2, 0.25) is 5.89 Å². The molecule has 0 spiro atoms. The molecule has 92 valence electrons. The van der Waals surface area contributed by atoms with Gasteiger partial charge in [-0.3, -0.25) is 4.68 Å². The van der Waals surface area contributed by atoms with Crippen molar-refractivity contribution in [3.05, 3.63) is 28.7 Å². The van der Waals surface area contributed by atoms with Crippen LogP contribution in [0.4, 0.5) is 0 Å². The Kier molecular flexibility index (Phi) is 3.23. The molecule has 0 bridgehead atoms. The molecule has 6 heteroatoms. The molecule has 0 aliphatic carbocycles. The normalized spacial score (nSPS) is 11.1. The zero-order chi connectivity index (χ0) is 12.4. The Balaban J connectivity index is 2.24. The van der Waals surface area contributed by atoms with Crippen molar-refractivity contribution in [2.75, 3.05) is 0 Å². The second-order valence-electron chi connectivity index (χ2n) is 3.92. The van der Waals surface area contributed by atoms with Gasteiger partial charge in [0, 0.05) is 17.7 Å². The van der Waals surface area contributed by atoms with Crippen LogP contribution in [0.25, 0.3) is 0 Å². The number of aliphatic hydroxyl groups is 1. The van der Waals surface area contributed by atoms with Crippen molar-refractivity contribution >= 4 is 0 Å². The highest BCUT2D eigenvalue weighted by Crippen LogP contribution is 2.14. The first-order valence-corrected chi connectivity index (χ1v) is 5.60. The minimum atomic E-state index is 0.00170. The van der Waals surface area contributed by atoms with E-state index in [0.29, 0.717) is 18.3 Å².